The van der Waals surface area contributed by atoms with E-state index in [0.717, 1.165) is 0 Å². The van der Waals surface area contributed by atoms with Crippen molar-refractivity contribution in [3.63, 3.8) is 0 Å². The van der Waals surface area contributed by atoms with Gasteiger partial charge >= 0.3 is 0 Å². The molecule has 0 unspecified atom stereocenters. The average Bonchev–Trinajstić information content (AvgIpc) is 2.62. The van der Waals surface area contributed by atoms with Gasteiger partial charge in [-0.1, -0.05) is 17.3 Å². The Kier molecular flexibility index (Phi) is 1.81. The van der Waals surface area contributed by atoms with E-state index in [1.807, 2.05) is 0 Å². The van der Waals surface area contributed by atoms with Gasteiger partial charge in [-0.2, -0.15) is 0 Å². The van der Waals surface area contributed by atoms with Crippen molar-refractivity contribution in [2.75, 3.05) is 0 Å². The van der Waals surface area contributed by atoms with Crippen LogP contribution in [0.1, 0.15) is 5.56 Å². The summed E-state index contributed by atoms with van der Waals surface area (Å²) in [4.78, 5) is 0. The molecular weight excluding hydrogens is 169 g/mol. The largest absolute Gasteiger partial charge is 0.218 e. The van der Waals surface area contributed by atoms with Crippen LogP contribution in [0.5, 0.6) is 0 Å². The summed E-state index contributed by atoms with van der Waals surface area (Å²) in [5, 5.41) is 7.33. The average molecular weight is 177 g/mol. The van der Waals surface area contributed by atoms with Crippen LogP contribution in [0.2, 0.25) is 0 Å². The molecule has 2 rings (SSSR count). The van der Waals surface area contributed by atoms with Gasteiger partial charge in [-0.3, -0.25) is 0 Å². The van der Waals surface area contributed by atoms with Crippen LogP contribution in [0, 0.1) is 12.7 Å². The highest BCUT2D eigenvalue weighted by molar-refractivity contribution is 5.36. The number of aryl methyl sites for hydroxylation is 1. The van der Waals surface area contributed by atoms with Crippen molar-refractivity contribution in [1.82, 2.24) is 15.0 Å². The Balaban J connectivity index is 2.59. The molecule has 0 aliphatic carbocycles. The molecule has 0 aliphatic rings. The lowest BCUT2D eigenvalue weighted by atomic mass is 10.2. The molecule has 1 aromatic carbocycles. The van der Waals surface area contributed by atoms with E-state index in [9.17, 15) is 4.39 Å². The van der Waals surface area contributed by atoms with E-state index in [1.54, 1.807) is 31.3 Å². The Bertz CT molecular complexity index is 409. The highest BCUT2D eigenvalue weighted by atomic mass is 19.1. The second kappa shape index (κ2) is 2.97. The van der Waals surface area contributed by atoms with Crippen LogP contribution in [0.25, 0.3) is 5.69 Å². The predicted molar refractivity (Wildman–Crippen MR) is 46.1 cm³/mol. The third-order valence-electron chi connectivity index (χ3n) is 1.84. The molecule has 0 aliphatic heterocycles. The van der Waals surface area contributed by atoms with E-state index >= 15 is 0 Å². The molecule has 0 bridgehead atoms. The molecular formula is C9H8FN3. The van der Waals surface area contributed by atoms with E-state index in [2.05, 4.69) is 10.3 Å². The zero-order valence-corrected chi connectivity index (χ0v) is 7.11. The van der Waals surface area contributed by atoms with Crippen molar-refractivity contribution >= 4 is 0 Å². The zero-order chi connectivity index (χ0) is 9.26. The van der Waals surface area contributed by atoms with Gasteiger partial charge in [0.2, 0.25) is 0 Å². The maximum atomic E-state index is 13.5. The second-order valence-electron chi connectivity index (χ2n) is 2.76. The fourth-order valence-corrected chi connectivity index (χ4v) is 1.15. The Morgan fingerprint density at radius 3 is 2.92 bits per heavy atom. The highest BCUT2D eigenvalue weighted by Crippen LogP contribution is 2.14. The zero-order valence-electron chi connectivity index (χ0n) is 7.11. The first-order chi connectivity index (χ1) is 6.29. The Hall–Kier alpha value is -1.71. The topological polar surface area (TPSA) is 30.7 Å². The van der Waals surface area contributed by atoms with Crippen LogP contribution in [0.4, 0.5) is 4.39 Å². The molecule has 0 radical (unpaired) electrons. The molecule has 0 N–H and O–H groups in total. The first-order valence-corrected chi connectivity index (χ1v) is 3.91. The highest BCUT2D eigenvalue weighted by Gasteiger charge is 2.06. The minimum Gasteiger partial charge on any atom is -0.218 e. The van der Waals surface area contributed by atoms with Crippen molar-refractivity contribution in [3.05, 3.63) is 42.0 Å². The van der Waals surface area contributed by atoms with Crippen molar-refractivity contribution in [1.29, 1.82) is 0 Å². The lowest BCUT2D eigenvalue weighted by molar-refractivity contribution is 0.598. The van der Waals surface area contributed by atoms with Crippen molar-refractivity contribution < 1.29 is 4.39 Å². The summed E-state index contributed by atoms with van der Waals surface area (Å²) >= 11 is 0. The normalized spacial score (nSPS) is 10.3. The van der Waals surface area contributed by atoms with Gasteiger partial charge in [0.1, 0.15) is 5.69 Å². The van der Waals surface area contributed by atoms with E-state index in [1.165, 1.54) is 10.9 Å². The molecule has 1 heterocycles. The third kappa shape index (κ3) is 1.30. The SMILES string of the molecule is Cc1cccc(-n2ccnn2)c1F. The van der Waals surface area contributed by atoms with Crippen LogP contribution >= 0.6 is 0 Å². The summed E-state index contributed by atoms with van der Waals surface area (Å²) in [6.45, 7) is 1.72. The van der Waals surface area contributed by atoms with Crippen LogP contribution in [-0.4, -0.2) is 15.0 Å². The van der Waals surface area contributed by atoms with Gasteiger partial charge in [-0.05, 0) is 18.6 Å². The number of benzene rings is 1. The standard InChI is InChI=1S/C9H8FN3/c1-7-3-2-4-8(9(7)10)13-6-5-11-12-13/h2-6H,1H3. The molecule has 0 atom stereocenters. The quantitative estimate of drug-likeness (QED) is 0.664. The van der Waals surface area contributed by atoms with Gasteiger partial charge in [0.25, 0.3) is 0 Å². The van der Waals surface area contributed by atoms with E-state index in [0.29, 0.717) is 11.3 Å². The number of halogens is 1. The summed E-state index contributed by atoms with van der Waals surface area (Å²) in [6, 6.07) is 5.17. The van der Waals surface area contributed by atoms with Crippen molar-refractivity contribution in [2.24, 2.45) is 0 Å². The molecule has 2 aromatic rings. The minimum absolute atomic E-state index is 0.256. The molecule has 66 valence electrons. The lowest BCUT2D eigenvalue weighted by Gasteiger charge is -2.03. The van der Waals surface area contributed by atoms with Crippen LogP contribution in [0.15, 0.2) is 30.6 Å². The Morgan fingerprint density at radius 2 is 2.23 bits per heavy atom. The minimum atomic E-state index is -0.256. The summed E-state index contributed by atoms with van der Waals surface area (Å²) in [7, 11) is 0. The smallest absolute Gasteiger partial charge is 0.151 e. The van der Waals surface area contributed by atoms with Gasteiger partial charge < -0.3 is 0 Å². The fraction of sp³-hybridized carbons (Fsp3) is 0.111. The third-order valence-corrected chi connectivity index (χ3v) is 1.84. The van der Waals surface area contributed by atoms with E-state index in [4.69, 9.17) is 0 Å². The summed E-state index contributed by atoms with van der Waals surface area (Å²) in [5.41, 5.74) is 1.03. The van der Waals surface area contributed by atoms with Crippen LogP contribution < -0.4 is 0 Å². The molecule has 0 saturated heterocycles. The maximum Gasteiger partial charge on any atom is 0.151 e. The Morgan fingerprint density at radius 1 is 1.38 bits per heavy atom. The predicted octanol–water partition coefficient (Wildman–Crippen LogP) is 1.71. The van der Waals surface area contributed by atoms with Gasteiger partial charge in [0, 0.05) is 0 Å². The van der Waals surface area contributed by atoms with E-state index in [-0.39, 0.29) is 5.82 Å². The van der Waals surface area contributed by atoms with Crippen molar-refractivity contribution in [3.8, 4) is 5.69 Å². The van der Waals surface area contributed by atoms with Crippen molar-refractivity contribution in [2.45, 2.75) is 6.92 Å². The number of aromatic nitrogens is 3. The number of hydrogen-bond acceptors (Lipinski definition) is 2. The van der Waals surface area contributed by atoms with Crippen LogP contribution in [0.3, 0.4) is 0 Å². The van der Waals surface area contributed by atoms with Gasteiger partial charge in [0.15, 0.2) is 5.82 Å². The fourth-order valence-electron chi connectivity index (χ4n) is 1.15. The first-order valence-electron chi connectivity index (χ1n) is 3.91. The number of nitrogens with zero attached hydrogens (tertiary/aromatic N) is 3. The molecule has 3 nitrogen and oxygen atoms in total. The second-order valence-corrected chi connectivity index (χ2v) is 2.76. The molecule has 13 heavy (non-hydrogen) atoms. The number of rotatable bonds is 1. The van der Waals surface area contributed by atoms with E-state index < -0.39 is 0 Å². The van der Waals surface area contributed by atoms with Gasteiger partial charge in [-0.15, -0.1) is 5.10 Å². The van der Waals surface area contributed by atoms with Gasteiger partial charge in [-0.25, -0.2) is 9.07 Å². The molecule has 0 spiro atoms. The monoisotopic (exact) mass is 177 g/mol. The molecule has 1 aromatic heterocycles. The van der Waals surface area contributed by atoms with Crippen LogP contribution in [-0.2, 0) is 0 Å². The maximum absolute atomic E-state index is 13.5. The Labute approximate surface area is 74.8 Å². The molecule has 0 amide bonds. The first kappa shape index (κ1) is 7.91. The lowest BCUT2D eigenvalue weighted by Crippen LogP contribution is -1.99. The number of hydrogen-bond donors (Lipinski definition) is 0. The molecule has 0 fully saturated rings. The summed E-state index contributed by atoms with van der Waals surface area (Å²) in [6.07, 6.45) is 3.12. The van der Waals surface area contributed by atoms with Gasteiger partial charge in [0.05, 0.1) is 12.4 Å². The molecule has 0 saturated carbocycles. The molecule has 4 heteroatoms. The summed E-state index contributed by atoms with van der Waals surface area (Å²) < 4.78 is 14.9. The summed E-state index contributed by atoms with van der Waals surface area (Å²) in [5.74, 6) is -0.256.